The fourth-order valence-electron chi connectivity index (χ4n) is 1.66. The van der Waals surface area contributed by atoms with E-state index in [0.717, 1.165) is 17.3 Å². The van der Waals surface area contributed by atoms with Crippen molar-refractivity contribution in [1.29, 1.82) is 0 Å². The molecule has 5 heteroatoms. The van der Waals surface area contributed by atoms with Crippen LogP contribution in [0.1, 0.15) is 5.56 Å². The predicted octanol–water partition coefficient (Wildman–Crippen LogP) is 2.93. The molecule has 0 aromatic heterocycles. The second-order valence-electron chi connectivity index (χ2n) is 3.78. The molecule has 1 aromatic rings. The van der Waals surface area contributed by atoms with Crippen molar-refractivity contribution in [3.63, 3.8) is 0 Å². The Morgan fingerprint density at radius 3 is 2.59 bits per heavy atom. The minimum absolute atomic E-state index is 0.0776. The van der Waals surface area contributed by atoms with E-state index in [9.17, 15) is 13.6 Å². The summed E-state index contributed by atoms with van der Waals surface area (Å²) in [5.74, 6) is 1.38. The van der Waals surface area contributed by atoms with Gasteiger partial charge in [-0.1, -0.05) is 6.07 Å². The van der Waals surface area contributed by atoms with Crippen LogP contribution in [0.4, 0.5) is 8.78 Å². The maximum absolute atomic E-state index is 13.4. The highest BCUT2D eigenvalue weighted by atomic mass is 32.2. The SMILES string of the molecule is O=C(Cc1c(F)cccc1F)C1CSCCS1. The number of hydrogen-bond acceptors (Lipinski definition) is 3. The Balaban J connectivity index is 2.07. The number of thioether (sulfide) groups is 2. The molecule has 1 heterocycles. The van der Waals surface area contributed by atoms with Crippen molar-refractivity contribution >= 4 is 29.3 Å². The zero-order valence-corrected chi connectivity index (χ0v) is 10.8. The van der Waals surface area contributed by atoms with Gasteiger partial charge in [-0.3, -0.25) is 4.79 Å². The summed E-state index contributed by atoms with van der Waals surface area (Å²) in [6.07, 6.45) is -0.142. The molecule has 1 aromatic carbocycles. The molecule has 1 nitrogen and oxygen atoms in total. The molecule has 0 aliphatic carbocycles. The molecule has 1 aliphatic rings. The van der Waals surface area contributed by atoms with Crippen LogP contribution in [0.5, 0.6) is 0 Å². The number of carbonyl (C=O) groups is 1. The van der Waals surface area contributed by atoms with Crippen LogP contribution in [0.3, 0.4) is 0 Å². The molecule has 2 rings (SSSR count). The molecule has 1 saturated heterocycles. The second kappa shape index (κ2) is 5.87. The molecular weight excluding hydrogens is 262 g/mol. The van der Waals surface area contributed by atoms with Crippen LogP contribution >= 0.6 is 23.5 Å². The largest absolute Gasteiger partial charge is 0.298 e. The normalized spacial score (nSPS) is 20.2. The van der Waals surface area contributed by atoms with E-state index in [2.05, 4.69) is 0 Å². The Hall–Kier alpha value is -0.550. The van der Waals surface area contributed by atoms with Crippen molar-refractivity contribution < 1.29 is 13.6 Å². The van der Waals surface area contributed by atoms with Crippen LogP contribution < -0.4 is 0 Å². The van der Waals surface area contributed by atoms with Gasteiger partial charge in [0.15, 0.2) is 5.78 Å². The van der Waals surface area contributed by atoms with E-state index < -0.39 is 11.6 Å². The van der Waals surface area contributed by atoms with Crippen LogP contribution in [-0.2, 0) is 11.2 Å². The topological polar surface area (TPSA) is 17.1 Å². The van der Waals surface area contributed by atoms with Crippen molar-refractivity contribution in [3.8, 4) is 0 Å². The molecule has 0 saturated carbocycles. The number of halogens is 2. The quantitative estimate of drug-likeness (QED) is 0.843. The van der Waals surface area contributed by atoms with Gasteiger partial charge in [-0.2, -0.15) is 11.8 Å². The highest BCUT2D eigenvalue weighted by Gasteiger charge is 2.24. The van der Waals surface area contributed by atoms with Gasteiger partial charge >= 0.3 is 0 Å². The predicted molar refractivity (Wildman–Crippen MR) is 68.6 cm³/mol. The fourth-order valence-corrected chi connectivity index (χ4v) is 4.31. The van der Waals surface area contributed by atoms with Crippen molar-refractivity contribution in [2.24, 2.45) is 0 Å². The first kappa shape index (κ1) is 12.9. The van der Waals surface area contributed by atoms with Gasteiger partial charge in [-0.05, 0) is 12.1 Å². The first-order valence-electron chi connectivity index (χ1n) is 5.33. The molecule has 1 aliphatic heterocycles. The molecule has 1 fully saturated rings. The minimum Gasteiger partial charge on any atom is -0.298 e. The highest BCUT2D eigenvalue weighted by molar-refractivity contribution is 8.07. The maximum Gasteiger partial charge on any atom is 0.151 e. The van der Waals surface area contributed by atoms with E-state index >= 15 is 0 Å². The van der Waals surface area contributed by atoms with Crippen molar-refractivity contribution in [2.45, 2.75) is 11.7 Å². The van der Waals surface area contributed by atoms with E-state index in [1.54, 1.807) is 23.5 Å². The lowest BCUT2D eigenvalue weighted by molar-refractivity contribution is -0.117. The summed E-state index contributed by atoms with van der Waals surface area (Å²) in [4.78, 5) is 11.9. The Morgan fingerprint density at radius 1 is 1.29 bits per heavy atom. The zero-order chi connectivity index (χ0) is 12.3. The third-order valence-corrected chi connectivity index (χ3v) is 5.39. The van der Waals surface area contributed by atoms with Crippen LogP contribution in [0.15, 0.2) is 18.2 Å². The highest BCUT2D eigenvalue weighted by Crippen LogP contribution is 2.26. The van der Waals surface area contributed by atoms with Crippen LogP contribution in [0.2, 0.25) is 0 Å². The maximum atomic E-state index is 13.4. The molecule has 0 radical (unpaired) electrons. The second-order valence-corrected chi connectivity index (χ2v) is 6.24. The molecule has 17 heavy (non-hydrogen) atoms. The van der Waals surface area contributed by atoms with E-state index in [1.807, 2.05) is 0 Å². The Kier molecular flexibility index (Phi) is 4.45. The number of benzene rings is 1. The van der Waals surface area contributed by atoms with Gasteiger partial charge < -0.3 is 0 Å². The van der Waals surface area contributed by atoms with Crippen LogP contribution in [0, 0.1) is 11.6 Å². The van der Waals surface area contributed by atoms with E-state index in [4.69, 9.17) is 0 Å². The number of hydrogen-bond donors (Lipinski definition) is 0. The summed E-state index contributed by atoms with van der Waals surface area (Å²) in [5, 5.41) is -0.118. The van der Waals surface area contributed by atoms with E-state index in [0.29, 0.717) is 0 Å². The average molecular weight is 274 g/mol. The third kappa shape index (κ3) is 3.22. The fraction of sp³-hybridized carbons (Fsp3) is 0.417. The summed E-state index contributed by atoms with van der Waals surface area (Å²) < 4.78 is 26.7. The molecular formula is C12H12F2OS2. The van der Waals surface area contributed by atoms with Gasteiger partial charge in [-0.15, -0.1) is 11.8 Å². The molecule has 0 N–H and O–H groups in total. The van der Waals surface area contributed by atoms with Crippen molar-refractivity contribution in [1.82, 2.24) is 0 Å². The molecule has 0 spiro atoms. The molecule has 92 valence electrons. The average Bonchev–Trinajstić information content (AvgIpc) is 2.35. The van der Waals surface area contributed by atoms with Gasteiger partial charge in [0.25, 0.3) is 0 Å². The first-order valence-corrected chi connectivity index (χ1v) is 7.54. The minimum atomic E-state index is -0.633. The van der Waals surface area contributed by atoms with Gasteiger partial charge in [0.2, 0.25) is 0 Å². The van der Waals surface area contributed by atoms with E-state index in [-0.39, 0.29) is 23.0 Å². The lowest BCUT2D eigenvalue weighted by atomic mass is 10.1. The third-order valence-electron chi connectivity index (χ3n) is 2.59. The summed E-state index contributed by atoms with van der Waals surface area (Å²) >= 11 is 3.31. The molecule has 0 bridgehead atoms. The van der Waals surface area contributed by atoms with Gasteiger partial charge in [0, 0.05) is 29.2 Å². The van der Waals surface area contributed by atoms with Gasteiger partial charge in [-0.25, -0.2) is 8.78 Å². The molecule has 1 unspecified atom stereocenters. The molecule has 1 atom stereocenters. The number of carbonyl (C=O) groups excluding carboxylic acids is 1. The molecule has 0 amide bonds. The van der Waals surface area contributed by atoms with Crippen molar-refractivity contribution in [2.75, 3.05) is 17.3 Å². The smallest absolute Gasteiger partial charge is 0.151 e. The number of Topliss-reactive ketones (excluding diaryl/α,β-unsaturated/α-hetero) is 1. The summed E-state index contributed by atoms with van der Waals surface area (Å²) in [6, 6.07) is 3.69. The van der Waals surface area contributed by atoms with Gasteiger partial charge in [0.1, 0.15) is 11.6 Å². The van der Waals surface area contributed by atoms with Crippen LogP contribution in [-0.4, -0.2) is 28.3 Å². The monoisotopic (exact) mass is 274 g/mol. The number of rotatable bonds is 3. The Labute approximate surface area is 107 Å². The Morgan fingerprint density at radius 2 is 2.00 bits per heavy atom. The van der Waals surface area contributed by atoms with E-state index in [1.165, 1.54) is 18.2 Å². The summed E-state index contributed by atoms with van der Waals surface area (Å²) in [5.41, 5.74) is -0.103. The summed E-state index contributed by atoms with van der Waals surface area (Å²) in [7, 11) is 0. The zero-order valence-electron chi connectivity index (χ0n) is 9.12. The Bertz CT molecular complexity index is 397. The van der Waals surface area contributed by atoms with Crippen LogP contribution in [0.25, 0.3) is 0 Å². The number of ketones is 1. The standard InChI is InChI=1S/C12H12F2OS2/c13-9-2-1-3-10(14)8(9)6-11(15)12-7-16-4-5-17-12/h1-3,12H,4-7H2. The lowest BCUT2D eigenvalue weighted by Gasteiger charge is -2.19. The summed E-state index contributed by atoms with van der Waals surface area (Å²) in [6.45, 7) is 0. The van der Waals surface area contributed by atoms with Gasteiger partial charge in [0.05, 0.1) is 5.25 Å². The van der Waals surface area contributed by atoms with Crippen molar-refractivity contribution in [3.05, 3.63) is 35.4 Å². The lowest BCUT2D eigenvalue weighted by Crippen LogP contribution is -2.26. The first-order chi connectivity index (χ1) is 8.18.